The molecular weight excluding hydrogens is 505 g/mol. The molecule has 3 radical (unpaired) electrons. The lowest BCUT2D eigenvalue weighted by Crippen LogP contribution is -2.09. The van der Waals surface area contributed by atoms with Gasteiger partial charge in [-0.1, -0.05) is 84.9 Å². The SMILES string of the molecule is [B].c1ccc(-c2ccc(N(c3ccc4c(c3)sc3ccccc34)c3ccc4oc5ccccc5c4c3)cc2)cc1. The predicted molar refractivity (Wildman–Crippen MR) is 172 cm³/mol. The zero-order chi connectivity index (χ0) is 25.8. The van der Waals surface area contributed by atoms with Gasteiger partial charge >= 0.3 is 0 Å². The first-order chi connectivity index (χ1) is 19.3. The highest BCUT2D eigenvalue weighted by molar-refractivity contribution is 7.25. The van der Waals surface area contributed by atoms with Crippen LogP contribution < -0.4 is 4.90 Å². The Bertz CT molecular complexity index is 2130. The predicted octanol–water partition coefficient (Wildman–Crippen LogP) is 10.7. The van der Waals surface area contributed by atoms with Crippen LogP contribution in [0.2, 0.25) is 0 Å². The van der Waals surface area contributed by atoms with Crippen molar-refractivity contribution in [2.45, 2.75) is 0 Å². The van der Waals surface area contributed by atoms with E-state index in [1.807, 2.05) is 23.5 Å². The van der Waals surface area contributed by atoms with Crippen molar-refractivity contribution in [1.82, 2.24) is 0 Å². The Kier molecular flexibility index (Phi) is 5.91. The maximum atomic E-state index is 6.14. The fraction of sp³-hybridized carbons (Fsp3) is 0. The molecule has 0 saturated carbocycles. The number of para-hydroxylation sites is 1. The first-order valence-corrected chi connectivity index (χ1v) is 13.9. The van der Waals surface area contributed by atoms with Crippen molar-refractivity contribution < 1.29 is 4.42 Å². The van der Waals surface area contributed by atoms with Crippen molar-refractivity contribution in [3.05, 3.63) is 140 Å². The van der Waals surface area contributed by atoms with Gasteiger partial charge in [0.2, 0.25) is 0 Å². The number of benzene rings is 6. The van der Waals surface area contributed by atoms with Crippen LogP contribution >= 0.6 is 11.3 Å². The van der Waals surface area contributed by atoms with Crippen molar-refractivity contribution in [3.63, 3.8) is 0 Å². The highest BCUT2D eigenvalue weighted by atomic mass is 32.1. The van der Waals surface area contributed by atoms with Gasteiger partial charge < -0.3 is 9.32 Å². The number of furan rings is 1. The van der Waals surface area contributed by atoms with Crippen LogP contribution in [0.25, 0.3) is 53.2 Å². The van der Waals surface area contributed by atoms with E-state index in [1.165, 1.54) is 31.3 Å². The summed E-state index contributed by atoms with van der Waals surface area (Å²) < 4.78 is 8.74. The molecule has 187 valence electrons. The number of nitrogens with zero attached hydrogens (tertiary/aromatic N) is 1. The summed E-state index contributed by atoms with van der Waals surface area (Å²) in [6, 6.07) is 49.6. The number of hydrogen-bond donors (Lipinski definition) is 0. The fourth-order valence-corrected chi connectivity index (χ4v) is 6.73. The van der Waals surface area contributed by atoms with Gasteiger partial charge in [-0.05, 0) is 65.7 Å². The lowest BCUT2D eigenvalue weighted by molar-refractivity contribution is 0.669. The third-order valence-corrected chi connectivity index (χ3v) is 8.61. The molecule has 2 heterocycles. The molecular formula is C36H23BNOS. The van der Waals surface area contributed by atoms with Gasteiger partial charge in [-0.3, -0.25) is 0 Å². The third kappa shape index (κ3) is 3.96. The number of anilines is 3. The average molecular weight is 528 g/mol. The first-order valence-electron chi connectivity index (χ1n) is 13.1. The molecule has 2 aromatic heterocycles. The zero-order valence-electron chi connectivity index (χ0n) is 21.6. The Morgan fingerprint density at radius 3 is 1.88 bits per heavy atom. The van der Waals surface area contributed by atoms with Crippen molar-refractivity contribution >= 4 is 78.9 Å². The van der Waals surface area contributed by atoms with Crippen molar-refractivity contribution in [2.24, 2.45) is 0 Å². The summed E-state index contributed by atoms with van der Waals surface area (Å²) >= 11 is 1.85. The number of rotatable bonds is 4. The molecule has 0 amide bonds. The molecule has 0 saturated heterocycles. The molecule has 0 atom stereocenters. The maximum Gasteiger partial charge on any atom is 0.135 e. The van der Waals surface area contributed by atoms with Crippen LogP contribution in [-0.4, -0.2) is 8.41 Å². The Hall–Kier alpha value is -4.80. The normalized spacial score (nSPS) is 11.3. The molecule has 2 nitrogen and oxygen atoms in total. The van der Waals surface area contributed by atoms with Gasteiger partial charge in [-0.2, -0.15) is 0 Å². The van der Waals surface area contributed by atoms with Crippen LogP contribution in [0.1, 0.15) is 0 Å². The lowest BCUT2D eigenvalue weighted by Gasteiger charge is -2.26. The zero-order valence-corrected chi connectivity index (χ0v) is 22.4. The largest absolute Gasteiger partial charge is 0.456 e. The molecule has 0 aliphatic heterocycles. The molecule has 0 fully saturated rings. The van der Waals surface area contributed by atoms with Crippen LogP contribution in [-0.2, 0) is 0 Å². The molecule has 0 spiro atoms. The smallest absolute Gasteiger partial charge is 0.135 e. The van der Waals surface area contributed by atoms with E-state index in [0.29, 0.717) is 0 Å². The second kappa shape index (κ2) is 9.75. The van der Waals surface area contributed by atoms with Crippen molar-refractivity contribution in [3.8, 4) is 11.1 Å². The number of thiophene rings is 1. The molecule has 4 heteroatoms. The number of fused-ring (bicyclic) bond motifs is 6. The van der Waals surface area contributed by atoms with Gasteiger partial charge in [-0.15, -0.1) is 11.3 Å². The number of hydrogen-bond acceptors (Lipinski definition) is 3. The van der Waals surface area contributed by atoms with Crippen LogP contribution in [0.4, 0.5) is 17.1 Å². The van der Waals surface area contributed by atoms with Crippen molar-refractivity contribution in [1.29, 1.82) is 0 Å². The monoisotopic (exact) mass is 528 g/mol. The van der Waals surface area contributed by atoms with Gasteiger partial charge in [0.1, 0.15) is 11.2 Å². The van der Waals surface area contributed by atoms with Gasteiger partial charge in [-0.25, -0.2) is 0 Å². The second-order valence-electron chi connectivity index (χ2n) is 9.81. The molecule has 0 aliphatic carbocycles. The molecule has 8 aromatic rings. The highest BCUT2D eigenvalue weighted by Gasteiger charge is 2.17. The standard InChI is InChI=1S/C36H23NOS.B/c1-2-8-24(9-3-1)25-14-16-26(17-15-25)37(27-19-21-34-32(22-27)29-10-4-6-12-33(29)38-34)28-18-20-31-30-11-5-7-13-35(30)39-36(31)23-28;/h1-23H;. The Morgan fingerprint density at radius 1 is 0.425 bits per heavy atom. The van der Waals surface area contributed by atoms with Crippen LogP contribution in [0.15, 0.2) is 144 Å². The van der Waals surface area contributed by atoms with Crippen LogP contribution in [0, 0.1) is 0 Å². The van der Waals surface area contributed by atoms with Gasteiger partial charge in [0, 0.05) is 56.4 Å². The summed E-state index contributed by atoms with van der Waals surface area (Å²) in [5, 5.41) is 4.87. The van der Waals surface area contributed by atoms with Crippen molar-refractivity contribution in [2.75, 3.05) is 4.90 Å². The summed E-state index contributed by atoms with van der Waals surface area (Å²) in [7, 11) is 0. The van der Waals surface area contributed by atoms with Crippen LogP contribution in [0.5, 0.6) is 0 Å². The fourth-order valence-electron chi connectivity index (χ4n) is 5.59. The molecule has 0 N–H and O–H groups in total. The van der Waals surface area contributed by atoms with E-state index in [2.05, 4.69) is 132 Å². The van der Waals surface area contributed by atoms with Gasteiger partial charge in [0.05, 0.1) is 0 Å². The second-order valence-corrected chi connectivity index (χ2v) is 10.9. The summed E-state index contributed by atoms with van der Waals surface area (Å²) in [5.41, 5.74) is 7.58. The Labute approximate surface area is 238 Å². The lowest BCUT2D eigenvalue weighted by atomic mass is 10.0. The van der Waals surface area contributed by atoms with Gasteiger partial charge in [0.15, 0.2) is 0 Å². The molecule has 8 rings (SSSR count). The Balaban J connectivity index is 0.00000264. The summed E-state index contributed by atoms with van der Waals surface area (Å²) in [6.45, 7) is 0. The van der Waals surface area contributed by atoms with E-state index in [1.54, 1.807) is 0 Å². The topological polar surface area (TPSA) is 16.4 Å². The van der Waals surface area contributed by atoms with E-state index < -0.39 is 0 Å². The summed E-state index contributed by atoms with van der Waals surface area (Å²) in [4.78, 5) is 2.35. The van der Waals surface area contributed by atoms with Gasteiger partial charge in [0.25, 0.3) is 0 Å². The minimum Gasteiger partial charge on any atom is -0.456 e. The quantitative estimate of drug-likeness (QED) is 0.211. The van der Waals surface area contributed by atoms with E-state index in [0.717, 1.165) is 39.0 Å². The molecule has 6 aromatic carbocycles. The summed E-state index contributed by atoms with van der Waals surface area (Å²) in [6.07, 6.45) is 0. The van der Waals surface area contributed by atoms with E-state index >= 15 is 0 Å². The molecule has 0 unspecified atom stereocenters. The van der Waals surface area contributed by atoms with Crippen LogP contribution in [0.3, 0.4) is 0 Å². The minimum atomic E-state index is 0. The first kappa shape index (κ1) is 24.3. The summed E-state index contributed by atoms with van der Waals surface area (Å²) in [5.74, 6) is 0. The minimum absolute atomic E-state index is 0. The molecule has 0 bridgehead atoms. The average Bonchev–Trinajstić information content (AvgIpc) is 3.56. The van der Waals surface area contributed by atoms with E-state index in [9.17, 15) is 0 Å². The third-order valence-electron chi connectivity index (χ3n) is 7.47. The Morgan fingerprint density at radius 2 is 1.02 bits per heavy atom. The van der Waals surface area contributed by atoms with E-state index in [4.69, 9.17) is 4.42 Å². The highest BCUT2D eigenvalue weighted by Crippen LogP contribution is 2.42. The molecule has 40 heavy (non-hydrogen) atoms. The maximum absolute atomic E-state index is 6.14. The van der Waals surface area contributed by atoms with E-state index in [-0.39, 0.29) is 8.41 Å². The molecule has 0 aliphatic rings.